The number of para-hydroxylation sites is 1. The maximum Gasteiger partial charge on any atom is 0.233 e. The number of hydrogen-bond donors (Lipinski definition) is 0. The normalized spacial score (nSPS) is 11.7. The van der Waals surface area contributed by atoms with Crippen LogP contribution in [0.5, 0.6) is 0 Å². The molecule has 1 amide bonds. The van der Waals surface area contributed by atoms with Crippen LogP contribution >= 0.6 is 35.3 Å². The molecule has 2 aromatic carbocycles. The van der Waals surface area contributed by atoms with E-state index in [9.17, 15) is 13.2 Å². The van der Waals surface area contributed by atoms with Crippen molar-refractivity contribution < 1.29 is 13.2 Å². The molecule has 3 rings (SSSR count). The summed E-state index contributed by atoms with van der Waals surface area (Å²) in [7, 11) is 0.651. The number of halogens is 2. The molecule has 10 heteroatoms. The monoisotopic (exact) mass is 529 g/mol. The van der Waals surface area contributed by atoms with Gasteiger partial charge in [-0.1, -0.05) is 41.1 Å². The highest BCUT2D eigenvalue weighted by atomic mass is 35.5. The first-order valence-electron chi connectivity index (χ1n) is 10.4. The number of amides is 1. The van der Waals surface area contributed by atoms with Crippen molar-refractivity contribution in [3.8, 4) is 0 Å². The van der Waals surface area contributed by atoms with Gasteiger partial charge in [0.1, 0.15) is 5.52 Å². The summed E-state index contributed by atoms with van der Waals surface area (Å²) in [6.07, 6.45) is 0.960. The standard InChI is InChI=1S/C23H28ClN3O3S2.ClH/c1-16(2)32(29,30)18-11-9-17(10-12-18)15-21(28)27(14-6-13-26(3)4)23-25-22-19(24)7-5-8-20(22)31-23;/h5,7-12,16H,6,13-15H2,1-4H3;1H. The van der Waals surface area contributed by atoms with Crippen molar-refractivity contribution in [3.63, 3.8) is 0 Å². The van der Waals surface area contributed by atoms with Crippen LogP contribution in [0.25, 0.3) is 10.2 Å². The summed E-state index contributed by atoms with van der Waals surface area (Å²) in [6.45, 7) is 4.69. The number of carbonyl (C=O) groups is 1. The number of benzene rings is 2. The summed E-state index contributed by atoms with van der Waals surface area (Å²) in [6, 6.07) is 12.2. The molecule has 0 saturated heterocycles. The highest BCUT2D eigenvalue weighted by Crippen LogP contribution is 2.33. The van der Waals surface area contributed by atoms with Crippen LogP contribution in [-0.4, -0.2) is 56.6 Å². The van der Waals surface area contributed by atoms with E-state index in [1.165, 1.54) is 11.3 Å². The average Bonchev–Trinajstić information content (AvgIpc) is 3.16. The molecule has 1 heterocycles. The summed E-state index contributed by atoms with van der Waals surface area (Å²) >= 11 is 7.73. The number of nitrogens with zero attached hydrogens (tertiary/aromatic N) is 3. The van der Waals surface area contributed by atoms with Gasteiger partial charge >= 0.3 is 0 Å². The molecular weight excluding hydrogens is 501 g/mol. The Morgan fingerprint density at radius 1 is 1.09 bits per heavy atom. The Labute approximate surface area is 210 Å². The molecule has 0 atom stereocenters. The molecule has 0 N–H and O–H groups in total. The van der Waals surface area contributed by atoms with Gasteiger partial charge in [0, 0.05) is 6.54 Å². The van der Waals surface area contributed by atoms with Gasteiger partial charge in [0.25, 0.3) is 0 Å². The lowest BCUT2D eigenvalue weighted by molar-refractivity contribution is -0.118. The van der Waals surface area contributed by atoms with Crippen molar-refractivity contribution in [2.45, 2.75) is 36.8 Å². The Morgan fingerprint density at radius 3 is 2.33 bits per heavy atom. The summed E-state index contributed by atoms with van der Waals surface area (Å²) in [4.78, 5) is 22.0. The molecule has 0 aliphatic heterocycles. The Hall–Kier alpha value is -1.71. The zero-order valence-electron chi connectivity index (χ0n) is 19.1. The lowest BCUT2D eigenvalue weighted by Gasteiger charge is -2.21. The van der Waals surface area contributed by atoms with Crippen molar-refractivity contribution in [2.24, 2.45) is 0 Å². The van der Waals surface area contributed by atoms with Gasteiger partial charge in [-0.2, -0.15) is 0 Å². The molecule has 0 bridgehead atoms. The van der Waals surface area contributed by atoms with Crippen LogP contribution in [-0.2, 0) is 21.1 Å². The number of thiazole rings is 1. The predicted molar refractivity (Wildman–Crippen MR) is 140 cm³/mol. The van der Waals surface area contributed by atoms with Gasteiger partial charge < -0.3 is 4.90 Å². The van der Waals surface area contributed by atoms with E-state index in [0.29, 0.717) is 22.2 Å². The Morgan fingerprint density at radius 2 is 1.76 bits per heavy atom. The fourth-order valence-electron chi connectivity index (χ4n) is 3.23. The van der Waals surface area contributed by atoms with E-state index >= 15 is 0 Å². The largest absolute Gasteiger partial charge is 0.309 e. The topological polar surface area (TPSA) is 70.6 Å². The molecule has 0 saturated carbocycles. The van der Waals surface area contributed by atoms with E-state index in [1.807, 2.05) is 26.2 Å². The maximum atomic E-state index is 13.3. The van der Waals surface area contributed by atoms with Crippen molar-refractivity contribution in [1.29, 1.82) is 0 Å². The minimum Gasteiger partial charge on any atom is -0.309 e. The van der Waals surface area contributed by atoms with E-state index in [-0.39, 0.29) is 29.6 Å². The van der Waals surface area contributed by atoms with Gasteiger partial charge in [-0.3, -0.25) is 9.69 Å². The first-order valence-corrected chi connectivity index (χ1v) is 13.2. The average molecular weight is 531 g/mol. The minimum absolute atomic E-state index is 0. The van der Waals surface area contributed by atoms with Gasteiger partial charge in [0.05, 0.1) is 26.3 Å². The van der Waals surface area contributed by atoms with Crippen molar-refractivity contribution in [1.82, 2.24) is 9.88 Å². The molecule has 0 aliphatic rings. The van der Waals surface area contributed by atoms with Gasteiger partial charge in [-0.05, 0) is 70.7 Å². The second-order valence-corrected chi connectivity index (χ2v) is 12.1. The first kappa shape index (κ1) is 27.5. The maximum absolute atomic E-state index is 13.3. The number of fused-ring (bicyclic) bond motifs is 1. The van der Waals surface area contributed by atoms with Gasteiger partial charge in [-0.25, -0.2) is 13.4 Å². The molecule has 0 spiro atoms. The van der Waals surface area contributed by atoms with Crippen LogP contribution in [0, 0.1) is 0 Å². The highest BCUT2D eigenvalue weighted by molar-refractivity contribution is 7.92. The lowest BCUT2D eigenvalue weighted by atomic mass is 10.1. The van der Waals surface area contributed by atoms with Crippen LogP contribution in [0.2, 0.25) is 5.02 Å². The number of anilines is 1. The Balaban J connectivity index is 0.00000385. The summed E-state index contributed by atoms with van der Waals surface area (Å²) in [5.74, 6) is -0.0848. The Kier molecular flexibility index (Phi) is 9.70. The predicted octanol–water partition coefficient (Wildman–Crippen LogP) is 5.08. The third-order valence-electron chi connectivity index (χ3n) is 5.11. The van der Waals surface area contributed by atoms with E-state index < -0.39 is 15.1 Å². The quantitative estimate of drug-likeness (QED) is 0.386. The molecule has 0 unspecified atom stereocenters. The number of hydrogen-bond acceptors (Lipinski definition) is 6. The SMILES string of the molecule is CC(C)S(=O)(=O)c1ccc(CC(=O)N(CCCN(C)C)c2nc3c(Cl)cccc3s2)cc1.Cl. The van der Waals surface area contributed by atoms with E-state index in [2.05, 4.69) is 9.88 Å². The second kappa shape index (κ2) is 11.6. The molecule has 0 radical (unpaired) electrons. The summed E-state index contributed by atoms with van der Waals surface area (Å²) in [5.41, 5.74) is 1.46. The van der Waals surface area contributed by atoms with Crippen LogP contribution in [0.4, 0.5) is 5.13 Å². The number of carbonyl (C=O) groups excluding carboxylic acids is 1. The van der Waals surface area contributed by atoms with Crippen LogP contribution in [0.3, 0.4) is 0 Å². The smallest absolute Gasteiger partial charge is 0.233 e. The van der Waals surface area contributed by atoms with Crippen molar-refractivity contribution in [2.75, 3.05) is 32.1 Å². The lowest BCUT2D eigenvalue weighted by Crippen LogP contribution is -2.34. The van der Waals surface area contributed by atoms with Crippen LogP contribution in [0.15, 0.2) is 47.4 Å². The zero-order chi connectivity index (χ0) is 23.5. The molecule has 0 fully saturated rings. The fraction of sp³-hybridized carbons (Fsp3) is 0.391. The second-order valence-electron chi connectivity index (χ2n) is 8.20. The molecule has 0 aliphatic carbocycles. The molecule has 33 heavy (non-hydrogen) atoms. The van der Waals surface area contributed by atoms with Crippen molar-refractivity contribution in [3.05, 3.63) is 53.1 Å². The minimum atomic E-state index is -3.34. The zero-order valence-corrected chi connectivity index (χ0v) is 22.3. The Bertz CT molecular complexity index is 1190. The van der Waals surface area contributed by atoms with E-state index in [0.717, 1.165) is 23.2 Å². The third kappa shape index (κ3) is 6.67. The molecule has 180 valence electrons. The molecule has 3 aromatic rings. The van der Waals surface area contributed by atoms with Gasteiger partial charge in [-0.15, -0.1) is 12.4 Å². The third-order valence-corrected chi connectivity index (χ3v) is 8.62. The number of sulfone groups is 1. The molecule has 1 aromatic heterocycles. The summed E-state index contributed by atoms with van der Waals surface area (Å²) in [5, 5.41) is 0.691. The van der Waals surface area contributed by atoms with Gasteiger partial charge in [0.15, 0.2) is 15.0 Å². The van der Waals surface area contributed by atoms with Crippen LogP contribution < -0.4 is 4.90 Å². The number of rotatable bonds is 9. The molecule has 6 nitrogen and oxygen atoms in total. The van der Waals surface area contributed by atoms with Crippen molar-refractivity contribution >= 4 is 66.4 Å². The van der Waals surface area contributed by atoms with E-state index in [4.69, 9.17) is 11.6 Å². The van der Waals surface area contributed by atoms with E-state index in [1.54, 1.807) is 49.1 Å². The fourth-order valence-corrected chi connectivity index (χ4v) is 5.60. The summed E-state index contributed by atoms with van der Waals surface area (Å²) < 4.78 is 25.6. The number of aromatic nitrogens is 1. The molecular formula is C23H29Cl2N3O3S2. The van der Waals surface area contributed by atoms with Crippen LogP contribution in [0.1, 0.15) is 25.8 Å². The highest BCUT2D eigenvalue weighted by Gasteiger charge is 2.22. The van der Waals surface area contributed by atoms with Gasteiger partial charge in [0.2, 0.25) is 5.91 Å². The first-order chi connectivity index (χ1) is 15.1.